The van der Waals surface area contributed by atoms with Crippen LogP contribution in [0.5, 0.6) is 5.75 Å². The number of para-hydroxylation sites is 2. The van der Waals surface area contributed by atoms with Gasteiger partial charge in [0.2, 0.25) is 5.91 Å². The van der Waals surface area contributed by atoms with E-state index in [0.717, 1.165) is 46.2 Å². The molecule has 27 heavy (non-hydrogen) atoms. The molecule has 0 atom stereocenters. The van der Waals surface area contributed by atoms with Crippen molar-refractivity contribution in [2.24, 2.45) is 0 Å². The lowest BCUT2D eigenvalue weighted by Gasteiger charge is -2.11. The summed E-state index contributed by atoms with van der Waals surface area (Å²) < 4.78 is 8.00. The van der Waals surface area contributed by atoms with Crippen LogP contribution in [0, 0.1) is 6.92 Å². The summed E-state index contributed by atoms with van der Waals surface area (Å²) in [6.07, 6.45) is 1.30. The zero-order chi connectivity index (χ0) is 19.2. The lowest BCUT2D eigenvalue weighted by Crippen LogP contribution is -2.23. The van der Waals surface area contributed by atoms with Gasteiger partial charge in [0.1, 0.15) is 11.6 Å². The van der Waals surface area contributed by atoms with E-state index in [2.05, 4.69) is 20.9 Å². The van der Waals surface area contributed by atoms with E-state index in [4.69, 9.17) is 16.3 Å². The number of aryl methyl sites for hydroxylation is 2. The van der Waals surface area contributed by atoms with Gasteiger partial charge in [0.15, 0.2) is 0 Å². The molecule has 0 aliphatic heterocycles. The Kier molecular flexibility index (Phi) is 6.35. The van der Waals surface area contributed by atoms with Crippen LogP contribution in [-0.2, 0) is 17.9 Å². The van der Waals surface area contributed by atoms with Crippen LogP contribution in [0.1, 0.15) is 31.2 Å². The van der Waals surface area contributed by atoms with Gasteiger partial charge < -0.3 is 14.6 Å². The van der Waals surface area contributed by atoms with Crippen LogP contribution in [0.3, 0.4) is 0 Å². The van der Waals surface area contributed by atoms with E-state index < -0.39 is 0 Å². The summed E-state index contributed by atoms with van der Waals surface area (Å²) in [5.41, 5.74) is 3.01. The molecule has 0 unspecified atom stereocenters. The van der Waals surface area contributed by atoms with Gasteiger partial charge in [-0.1, -0.05) is 30.7 Å². The number of carbonyl (C=O) groups is 1. The van der Waals surface area contributed by atoms with Crippen LogP contribution in [-0.4, -0.2) is 22.1 Å². The number of hydrogen-bond donors (Lipinski definition) is 1. The normalized spacial score (nSPS) is 10.9. The zero-order valence-corrected chi connectivity index (χ0v) is 16.4. The number of carbonyl (C=O) groups excluding carboxylic acids is 1. The van der Waals surface area contributed by atoms with Gasteiger partial charge >= 0.3 is 0 Å². The molecular weight excluding hydrogens is 362 g/mol. The maximum atomic E-state index is 11.6. The Balaban J connectivity index is 1.65. The highest BCUT2D eigenvalue weighted by Crippen LogP contribution is 2.21. The van der Waals surface area contributed by atoms with E-state index in [1.54, 1.807) is 0 Å². The van der Waals surface area contributed by atoms with Crippen LogP contribution < -0.4 is 10.1 Å². The first kappa shape index (κ1) is 19.2. The standard InChI is InChI=1S/C21H24ClN3O2/c1-3-21(26)23-14-20-24-18-7-4-5-8-19(18)25(20)11-6-12-27-16-9-10-17(22)15(2)13-16/h4-5,7-10,13H,3,6,11-12,14H2,1-2H3,(H,23,26). The van der Waals surface area contributed by atoms with Crippen LogP contribution in [0.15, 0.2) is 42.5 Å². The smallest absolute Gasteiger partial charge is 0.220 e. The highest BCUT2D eigenvalue weighted by molar-refractivity contribution is 6.31. The minimum absolute atomic E-state index is 0.0232. The van der Waals surface area contributed by atoms with Crippen LogP contribution in [0.4, 0.5) is 0 Å². The summed E-state index contributed by atoms with van der Waals surface area (Å²) in [4.78, 5) is 16.3. The SMILES string of the molecule is CCC(=O)NCc1nc2ccccc2n1CCCOc1ccc(Cl)c(C)c1. The van der Waals surface area contributed by atoms with Crippen molar-refractivity contribution >= 4 is 28.5 Å². The van der Waals surface area contributed by atoms with Gasteiger partial charge in [-0.2, -0.15) is 0 Å². The highest BCUT2D eigenvalue weighted by Gasteiger charge is 2.11. The number of hydrogen-bond acceptors (Lipinski definition) is 3. The van der Waals surface area contributed by atoms with Crippen molar-refractivity contribution in [1.82, 2.24) is 14.9 Å². The molecule has 1 heterocycles. The Morgan fingerprint density at radius 2 is 2.07 bits per heavy atom. The molecule has 2 aromatic carbocycles. The fourth-order valence-electron chi connectivity index (χ4n) is 2.93. The van der Waals surface area contributed by atoms with E-state index in [1.807, 2.05) is 50.2 Å². The molecule has 0 aliphatic rings. The zero-order valence-electron chi connectivity index (χ0n) is 15.7. The van der Waals surface area contributed by atoms with Gasteiger partial charge in [-0.05, 0) is 49.2 Å². The molecule has 5 nitrogen and oxygen atoms in total. The number of imidazole rings is 1. The fraction of sp³-hybridized carbons (Fsp3) is 0.333. The number of nitrogens with one attached hydrogen (secondary N) is 1. The second-order valence-corrected chi connectivity index (χ2v) is 6.82. The van der Waals surface area contributed by atoms with Crippen molar-refractivity contribution in [3.63, 3.8) is 0 Å². The van der Waals surface area contributed by atoms with Gasteiger partial charge in [-0.25, -0.2) is 4.98 Å². The lowest BCUT2D eigenvalue weighted by molar-refractivity contribution is -0.120. The molecule has 1 aromatic heterocycles. The topological polar surface area (TPSA) is 56.2 Å². The quantitative estimate of drug-likeness (QED) is 0.581. The van der Waals surface area contributed by atoms with Crippen molar-refractivity contribution in [3.05, 3.63) is 58.9 Å². The van der Waals surface area contributed by atoms with Gasteiger partial charge in [0.25, 0.3) is 0 Å². The molecular formula is C21H24ClN3O2. The average Bonchev–Trinajstić information content (AvgIpc) is 3.03. The molecule has 0 bridgehead atoms. The van der Waals surface area contributed by atoms with Crippen molar-refractivity contribution in [2.45, 2.75) is 39.8 Å². The molecule has 0 saturated heterocycles. The first-order valence-corrected chi connectivity index (χ1v) is 9.56. The summed E-state index contributed by atoms with van der Waals surface area (Å²) in [6.45, 7) is 5.59. The third-order valence-electron chi connectivity index (χ3n) is 4.42. The molecule has 142 valence electrons. The molecule has 1 amide bonds. The first-order valence-electron chi connectivity index (χ1n) is 9.18. The molecule has 0 spiro atoms. The Bertz CT molecular complexity index is 936. The Hall–Kier alpha value is -2.53. The van der Waals surface area contributed by atoms with E-state index in [1.165, 1.54) is 0 Å². The molecule has 0 fully saturated rings. The number of ether oxygens (including phenoxy) is 1. The Morgan fingerprint density at radius 1 is 1.26 bits per heavy atom. The van der Waals surface area contributed by atoms with E-state index in [-0.39, 0.29) is 5.91 Å². The molecule has 0 saturated carbocycles. The molecule has 3 aromatic rings. The van der Waals surface area contributed by atoms with Gasteiger partial charge in [0, 0.05) is 18.0 Å². The number of amides is 1. The van der Waals surface area contributed by atoms with Gasteiger partial charge in [-0.3, -0.25) is 4.79 Å². The average molecular weight is 386 g/mol. The van der Waals surface area contributed by atoms with Crippen LogP contribution in [0.25, 0.3) is 11.0 Å². The number of benzene rings is 2. The number of fused-ring (bicyclic) bond motifs is 1. The van der Waals surface area contributed by atoms with Crippen LogP contribution in [0.2, 0.25) is 5.02 Å². The van der Waals surface area contributed by atoms with Crippen molar-refractivity contribution in [2.75, 3.05) is 6.61 Å². The minimum atomic E-state index is 0.0232. The summed E-state index contributed by atoms with van der Waals surface area (Å²) >= 11 is 6.05. The molecule has 0 radical (unpaired) electrons. The van der Waals surface area contributed by atoms with E-state index in [9.17, 15) is 4.79 Å². The second-order valence-electron chi connectivity index (χ2n) is 6.41. The Labute approximate surface area is 164 Å². The predicted molar refractivity (Wildman–Crippen MR) is 108 cm³/mol. The van der Waals surface area contributed by atoms with E-state index in [0.29, 0.717) is 19.6 Å². The maximum absolute atomic E-state index is 11.6. The van der Waals surface area contributed by atoms with Gasteiger partial charge in [-0.15, -0.1) is 0 Å². The van der Waals surface area contributed by atoms with Crippen molar-refractivity contribution in [1.29, 1.82) is 0 Å². The summed E-state index contributed by atoms with van der Waals surface area (Å²) in [6, 6.07) is 13.7. The molecule has 6 heteroatoms. The second kappa shape index (κ2) is 8.91. The lowest BCUT2D eigenvalue weighted by atomic mass is 10.2. The van der Waals surface area contributed by atoms with Crippen LogP contribution >= 0.6 is 11.6 Å². The molecule has 1 N–H and O–H groups in total. The third kappa shape index (κ3) is 4.80. The number of halogens is 1. The number of rotatable bonds is 8. The molecule has 3 rings (SSSR count). The summed E-state index contributed by atoms with van der Waals surface area (Å²) in [5.74, 6) is 1.71. The highest BCUT2D eigenvalue weighted by atomic mass is 35.5. The molecule has 0 aliphatic carbocycles. The summed E-state index contributed by atoms with van der Waals surface area (Å²) in [7, 11) is 0. The minimum Gasteiger partial charge on any atom is -0.494 e. The number of aromatic nitrogens is 2. The van der Waals surface area contributed by atoms with Gasteiger partial charge in [0.05, 0.1) is 24.2 Å². The first-order chi connectivity index (χ1) is 13.1. The third-order valence-corrected chi connectivity index (χ3v) is 4.85. The number of nitrogens with zero attached hydrogens (tertiary/aromatic N) is 2. The summed E-state index contributed by atoms with van der Waals surface area (Å²) in [5, 5.41) is 3.65. The largest absolute Gasteiger partial charge is 0.494 e. The van der Waals surface area contributed by atoms with Crippen molar-refractivity contribution in [3.8, 4) is 5.75 Å². The Morgan fingerprint density at radius 3 is 2.85 bits per heavy atom. The fourth-order valence-corrected chi connectivity index (χ4v) is 3.05. The predicted octanol–water partition coefficient (Wildman–Crippen LogP) is 4.49. The van der Waals surface area contributed by atoms with E-state index >= 15 is 0 Å². The monoisotopic (exact) mass is 385 g/mol. The van der Waals surface area contributed by atoms with Crippen molar-refractivity contribution < 1.29 is 9.53 Å². The maximum Gasteiger partial charge on any atom is 0.220 e.